The van der Waals surface area contributed by atoms with Crippen LogP contribution in [0.5, 0.6) is 0 Å². The van der Waals surface area contributed by atoms with Crippen LogP contribution in [0.2, 0.25) is 0 Å². The summed E-state index contributed by atoms with van der Waals surface area (Å²) < 4.78 is 12.0. The van der Waals surface area contributed by atoms with Crippen molar-refractivity contribution in [2.45, 2.75) is 19.8 Å². The molecule has 1 unspecified atom stereocenters. The van der Waals surface area contributed by atoms with Gasteiger partial charge in [-0.3, -0.25) is 9.18 Å². The molecule has 0 aromatic rings. The second-order valence-corrected chi connectivity index (χ2v) is 3.19. The van der Waals surface area contributed by atoms with Crippen LogP contribution < -0.4 is 5.73 Å². The first kappa shape index (κ1) is 11.4. The van der Waals surface area contributed by atoms with Gasteiger partial charge in [0.15, 0.2) is 0 Å². The van der Waals surface area contributed by atoms with Gasteiger partial charge in [0.2, 0.25) is 0 Å². The van der Waals surface area contributed by atoms with Crippen molar-refractivity contribution < 1.29 is 14.3 Å². The molecule has 0 aliphatic rings. The monoisotopic (exact) mass is 177 g/mol. The van der Waals surface area contributed by atoms with Crippen LogP contribution in [0.25, 0.3) is 0 Å². The van der Waals surface area contributed by atoms with Crippen LogP contribution >= 0.6 is 0 Å². The summed E-state index contributed by atoms with van der Waals surface area (Å²) in [6.07, 6.45) is 0.597. The predicted octanol–water partition coefficient (Wildman–Crippen LogP) is 1.03. The quantitative estimate of drug-likeness (QED) is 0.637. The van der Waals surface area contributed by atoms with Crippen LogP contribution in [0.3, 0.4) is 0 Å². The molecule has 0 aliphatic carbocycles. The van der Waals surface area contributed by atoms with E-state index >= 15 is 0 Å². The Kier molecular flexibility index (Phi) is 5.62. The minimum atomic E-state index is -0.864. The molecule has 3 N–H and O–H groups in total. The second-order valence-electron chi connectivity index (χ2n) is 3.19. The number of aliphatic carboxylic acids is 1. The van der Waals surface area contributed by atoms with Gasteiger partial charge in [0.1, 0.15) is 0 Å². The van der Waals surface area contributed by atoms with Gasteiger partial charge in [-0.25, -0.2) is 0 Å². The molecular formula is C8H16FNO2. The highest BCUT2D eigenvalue weighted by Gasteiger charge is 2.14. The SMILES string of the molecule is CC(CF)C[C@H](CN)CC(=O)O. The Morgan fingerprint density at radius 1 is 1.67 bits per heavy atom. The summed E-state index contributed by atoms with van der Waals surface area (Å²) in [5.41, 5.74) is 5.34. The molecule has 12 heavy (non-hydrogen) atoms. The van der Waals surface area contributed by atoms with E-state index in [0.717, 1.165) is 0 Å². The first-order valence-electron chi connectivity index (χ1n) is 4.08. The first-order chi connectivity index (χ1) is 5.60. The van der Waals surface area contributed by atoms with Crippen molar-refractivity contribution in [1.82, 2.24) is 0 Å². The summed E-state index contributed by atoms with van der Waals surface area (Å²) >= 11 is 0. The van der Waals surface area contributed by atoms with E-state index in [1.165, 1.54) is 0 Å². The highest BCUT2D eigenvalue weighted by Crippen LogP contribution is 2.14. The second kappa shape index (κ2) is 5.94. The van der Waals surface area contributed by atoms with Gasteiger partial charge in [-0.1, -0.05) is 6.92 Å². The number of rotatable bonds is 6. The molecule has 3 nitrogen and oxygen atoms in total. The number of alkyl halides is 1. The van der Waals surface area contributed by atoms with Crippen molar-refractivity contribution in [3.63, 3.8) is 0 Å². The highest BCUT2D eigenvalue weighted by atomic mass is 19.1. The number of carbonyl (C=O) groups is 1. The number of carboxylic acid groups (broad SMARTS) is 1. The van der Waals surface area contributed by atoms with E-state index < -0.39 is 12.6 Å². The van der Waals surface area contributed by atoms with Gasteiger partial charge in [-0.05, 0) is 24.8 Å². The average molecular weight is 177 g/mol. The highest BCUT2D eigenvalue weighted by molar-refractivity contribution is 5.67. The summed E-state index contributed by atoms with van der Waals surface area (Å²) in [6, 6.07) is 0. The van der Waals surface area contributed by atoms with Gasteiger partial charge in [-0.2, -0.15) is 0 Å². The van der Waals surface area contributed by atoms with E-state index in [2.05, 4.69) is 0 Å². The van der Waals surface area contributed by atoms with E-state index in [1.54, 1.807) is 6.92 Å². The summed E-state index contributed by atoms with van der Waals surface area (Å²) in [6.45, 7) is 1.66. The molecule has 72 valence electrons. The number of hydrogen-bond acceptors (Lipinski definition) is 2. The molecule has 4 heteroatoms. The van der Waals surface area contributed by atoms with Crippen LogP contribution in [0.15, 0.2) is 0 Å². The van der Waals surface area contributed by atoms with Crippen LogP contribution in [0, 0.1) is 11.8 Å². The fourth-order valence-corrected chi connectivity index (χ4v) is 1.14. The molecule has 0 aromatic heterocycles. The topological polar surface area (TPSA) is 63.3 Å². The van der Waals surface area contributed by atoms with Crippen LogP contribution in [-0.2, 0) is 4.79 Å². The molecule has 0 heterocycles. The molecule has 0 saturated heterocycles. The summed E-state index contributed by atoms with van der Waals surface area (Å²) in [5.74, 6) is -1.04. The first-order valence-corrected chi connectivity index (χ1v) is 4.08. The Morgan fingerprint density at radius 2 is 2.25 bits per heavy atom. The fraction of sp³-hybridized carbons (Fsp3) is 0.875. The van der Waals surface area contributed by atoms with E-state index in [-0.39, 0.29) is 18.3 Å². The lowest BCUT2D eigenvalue weighted by Gasteiger charge is -2.14. The molecule has 0 bridgehead atoms. The van der Waals surface area contributed by atoms with Gasteiger partial charge in [0, 0.05) is 6.42 Å². The third kappa shape index (κ3) is 5.07. The minimum Gasteiger partial charge on any atom is -0.481 e. The molecule has 0 aromatic carbocycles. The van der Waals surface area contributed by atoms with E-state index in [0.29, 0.717) is 13.0 Å². The van der Waals surface area contributed by atoms with Crippen molar-refractivity contribution in [3.8, 4) is 0 Å². The van der Waals surface area contributed by atoms with Crippen LogP contribution in [0.1, 0.15) is 19.8 Å². The predicted molar refractivity (Wildman–Crippen MR) is 44.6 cm³/mol. The maximum absolute atomic E-state index is 12.0. The van der Waals surface area contributed by atoms with Gasteiger partial charge in [-0.15, -0.1) is 0 Å². The van der Waals surface area contributed by atoms with E-state index in [9.17, 15) is 9.18 Å². The van der Waals surface area contributed by atoms with Gasteiger partial charge in [0.05, 0.1) is 6.67 Å². The number of carboxylic acids is 1. The van der Waals surface area contributed by atoms with Crippen LogP contribution in [0.4, 0.5) is 4.39 Å². The molecule has 2 atom stereocenters. The zero-order valence-corrected chi connectivity index (χ0v) is 7.29. The lowest BCUT2D eigenvalue weighted by molar-refractivity contribution is -0.138. The van der Waals surface area contributed by atoms with Crippen molar-refractivity contribution in [1.29, 1.82) is 0 Å². The Bertz CT molecular complexity index is 141. The zero-order valence-electron chi connectivity index (χ0n) is 7.29. The lowest BCUT2D eigenvalue weighted by atomic mass is 9.94. The molecule has 0 amide bonds. The van der Waals surface area contributed by atoms with Crippen molar-refractivity contribution >= 4 is 5.97 Å². The molecule has 0 radical (unpaired) electrons. The Morgan fingerprint density at radius 3 is 2.58 bits per heavy atom. The van der Waals surface area contributed by atoms with Crippen molar-refractivity contribution in [2.75, 3.05) is 13.2 Å². The van der Waals surface area contributed by atoms with Gasteiger partial charge in [0.25, 0.3) is 0 Å². The number of hydrogen-bond donors (Lipinski definition) is 2. The summed E-state index contributed by atoms with van der Waals surface area (Å²) in [4.78, 5) is 10.3. The normalized spacial score (nSPS) is 15.6. The molecule has 0 spiro atoms. The largest absolute Gasteiger partial charge is 0.481 e. The molecular weight excluding hydrogens is 161 g/mol. The molecule has 0 aliphatic heterocycles. The minimum absolute atomic E-state index is 0.0425. The third-order valence-corrected chi connectivity index (χ3v) is 1.80. The van der Waals surface area contributed by atoms with Gasteiger partial charge < -0.3 is 10.8 Å². The number of nitrogens with two attached hydrogens (primary N) is 1. The van der Waals surface area contributed by atoms with E-state index in [4.69, 9.17) is 10.8 Å². The smallest absolute Gasteiger partial charge is 0.303 e. The molecule has 0 saturated carbocycles. The Labute approximate surface area is 71.8 Å². The molecule has 0 fully saturated rings. The number of halogens is 1. The Hall–Kier alpha value is -0.640. The summed E-state index contributed by atoms with van der Waals surface area (Å²) in [7, 11) is 0. The van der Waals surface area contributed by atoms with Crippen molar-refractivity contribution in [3.05, 3.63) is 0 Å². The van der Waals surface area contributed by atoms with Crippen molar-refractivity contribution in [2.24, 2.45) is 17.6 Å². The zero-order chi connectivity index (χ0) is 9.56. The summed E-state index contributed by atoms with van der Waals surface area (Å²) in [5, 5.41) is 8.45. The lowest BCUT2D eigenvalue weighted by Crippen LogP contribution is -2.20. The van der Waals surface area contributed by atoms with E-state index in [1.807, 2.05) is 0 Å². The molecule has 0 rings (SSSR count). The maximum Gasteiger partial charge on any atom is 0.303 e. The average Bonchev–Trinajstić information content (AvgIpc) is 2.02. The van der Waals surface area contributed by atoms with Crippen LogP contribution in [-0.4, -0.2) is 24.3 Å². The standard InChI is InChI=1S/C8H16FNO2/c1-6(4-9)2-7(5-10)3-8(11)12/h6-7H,2-5,10H2,1H3,(H,11,12)/t6?,7-/m0/s1. The Balaban J connectivity index is 3.74. The fourth-order valence-electron chi connectivity index (χ4n) is 1.14. The third-order valence-electron chi connectivity index (χ3n) is 1.80. The maximum atomic E-state index is 12.0. The van der Waals surface area contributed by atoms with Gasteiger partial charge >= 0.3 is 5.97 Å².